The van der Waals surface area contributed by atoms with Gasteiger partial charge in [0.05, 0.1) is 6.04 Å². The van der Waals surface area contributed by atoms with Crippen molar-refractivity contribution in [3.63, 3.8) is 0 Å². The van der Waals surface area contributed by atoms with Crippen LogP contribution in [-0.4, -0.2) is 59.9 Å². The van der Waals surface area contributed by atoms with Crippen LogP contribution in [0.4, 0.5) is 0 Å². The van der Waals surface area contributed by atoms with Crippen LogP contribution >= 0.6 is 24.0 Å². The van der Waals surface area contributed by atoms with Gasteiger partial charge in [-0.3, -0.25) is 4.99 Å². The van der Waals surface area contributed by atoms with Gasteiger partial charge in [0.25, 0.3) is 0 Å². The Morgan fingerprint density at radius 2 is 1.93 bits per heavy atom. The van der Waals surface area contributed by atoms with Crippen LogP contribution in [-0.2, 0) is 13.0 Å². The minimum atomic E-state index is 0. The third-order valence-electron chi connectivity index (χ3n) is 4.43. The highest BCUT2D eigenvalue weighted by molar-refractivity contribution is 14.0. The normalized spacial score (nSPS) is 12.6. The SMILES string of the molecule is CCc1nncn1CCNC(=NC)NCC(c1ccc(C)cc1)N(C)C.I. The van der Waals surface area contributed by atoms with Crippen LogP contribution in [0.5, 0.6) is 0 Å². The second-order valence-electron chi connectivity index (χ2n) is 6.56. The number of aromatic nitrogens is 3. The molecule has 7 nitrogen and oxygen atoms in total. The van der Waals surface area contributed by atoms with Crippen LogP contribution in [0.2, 0.25) is 0 Å². The first-order valence-electron chi connectivity index (χ1n) is 9.09. The van der Waals surface area contributed by atoms with E-state index in [1.807, 2.05) is 0 Å². The zero-order chi connectivity index (χ0) is 18.9. The van der Waals surface area contributed by atoms with Crippen molar-refractivity contribution in [2.45, 2.75) is 32.9 Å². The Kier molecular flexibility index (Phi) is 10.3. The summed E-state index contributed by atoms with van der Waals surface area (Å²) in [7, 11) is 5.99. The minimum absolute atomic E-state index is 0. The second-order valence-corrected chi connectivity index (χ2v) is 6.56. The summed E-state index contributed by atoms with van der Waals surface area (Å²) < 4.78 is 2.06. The van der Waals surface area contributed by atoms with Crippen molar-refractivity contribution in [2.75, 3.05) is 34.2 Å². The molecule has 8 heteroatoms. The van der Waals surface area contributed by atoms with E-state index in [9.17, 15) is 0 Å². The maximum Gasteiger partial charge on any atom is 0.191 e. The number of benzene rings is 1. The van der Waals surface area contributed by atoms with Crippen molar-refractivity contribution in [3.8, 4) is 0 Å². The van der Waals surface area contributed by atoms with Gasteiger partial charge in [-0.15, -0.1) is 34.2 Å². The molecule has 0 fully saturated rings. The Labute approximate surface area is 179 Å². The first-order valence-corrected chi connectivity index (χ1v) is 9.09. The number of nitrogens with one attached hydrogen (secondary N) is 2. The molecule has 0 spiro atoms. The second kappa shape index (κ2) is 11.9. The topological polar surface area (TPSA) is 70.4 Å². The van der Waals surface area contributed by atoms with Crippen molar-refractivity contribution >= 4 is 29.9 Å². The number of hydrogen-bond donors (Lipinski definition) is 2. The van der Waals surface area contributed by atoms with E-state index in [-0.39, 0.29) is 30.0 Å². The average Bonchev–Trinajstić information content (AvgIpc) is 3.09. The van der Waals surface area contributed by atoms with E-state index in [0.29, 0.717) is 0 Å². The summed E-state index contributed by atoms with van der Waals surface area (Å²) in [6.07, 6.45) is 2.66. The Morgan fingerprint density at radius 3 is 2.52 bits per heavy atom. The molecule has 1 unspecified atom stereocenters. The molecule has 1 atom stereocenters. The smallest absolute Gasteiger partial charge is 0.191 e. The van der Waals surface area contributed by atoms with Crippen molar-refractivity contribution in [3.05, 3.63) is 47.5 Å². The van der Waals surface area contributed by atoms with Crippen molar-refractivity contribution in [1.82, 2.24) is 30.3 Å². The monoisotopic (exact) mass is 485 g/mol. The Hall–Kier alpha value is -1.68. The Bertz CT molecular complexity index is 694. The molecule has 150 valence electrons. The van der Waals surface area contributed by atoms with Crippen LogP contribution in [0.15, 0.2) is 35.6 Å². The van der Waals surface area contributed by atoms with E-state index < -0.39 is 0 Å². The van der Waals surface area contributed by atoms with Gasteiger partial charge in [0.1, 0.15) is 12.2 Å². The largest absolute Gasteiger partial charge is 0.355 e. The molecule has 0 saturated heterocycles. The fraction of sp³-hybridized carbons (Fsp3) is 0.526. The highest BCUT2D eigenvalue weighted by Crippen LogP contribution is 2.17. The highest BCUT2D eigenvalue weighted by Gasteiger charge is 2.14. The summed E-state index contributed by atoms with van der Waals surface area (Å²) in [4.78, 5) is 6.54. The molecule has 0 saturated carbocycles. The lowest BCUT2D eigenvalue weighted by Crippen LogP contribution is -2.42. The minimum Gasteiger partial charge on any atom is -0.355 e. The zero-order valence-electron chi connectivity index (χ0n) is 16.9. The van der Waals surface area contributed by atoms with Crippen LogP contribution in [0.1, 0.15) is 29.9 Å². The number of rotatable bonds is 8. The molecule has 2 N–H and O–H groups in total. The van der Waals surface area contributed by atoms with Crippen molar-refractivity contribution in [2.24, 2.45) is 4.99 Å². The lowest BCUT2D eigenvalue weighted by atomic mass is 10.0. The first-order chi connectivity index (χ1) is 12.5. The lowest BCUT2D eigenvalue weighted by molar-refractivity contribution is 0.298. The van der Waals surface area contributed by atoms with Gasteiger partial charge in [-0.05, 0) is 26.6 Å². The summed E-state index contributed by atoms with van der Waals surface area (Å²) in [5, 5.41) is 14.9. The third kappa shape index (κ3) is 7.10. The van der Waals surface area contributed by atoms with E-state index >= 15 is 0 Å². The molecule has 1 heterocycles. The molecule has 0 radical (unpaired) electrons. The van der Waals surface area contributed by atoms with E-state index in [4.69, 9.17) is 0 Å². The fourth-order valence-electron chi connectivity index (χ4n) is 2.84. The van der Waals surface area contributed by atoms with Crippen molar-refractivity contribution < 1.29 is 0 Å². The summed E-state index contributed by atoms with van der Waals surface area (Å²) in [5.74, 6) is 1.80. The summed E-state index contributed by atoms with van der Waals surface area (Å²) in [5.41, 5.74) is 2.57. The quantitative estimate of drug-likeness (QED) is 0.341. The van der Waals surface area contributed by atoms with Gasteiger partial charge < -0.3 is 20.1 Å². The molecule has 0 bridgehead atoms. The van der Waals surface area contributed by atoms with Gasteiger partial charge in [-0.2, -0.15) is 0 Å². The Balaban J connectivity index is 0.00000364. The molecule has 1 aromatic heterocycles. The lowest BCUT2D eigenvalue weighted by Gasteiger charge is -2.26. The number of likely N-dealkylation sites (N-methyl/N-ethyl adjacent to an activating group) is 1. The standard InChI is InChI=1S/C19H31N7.HI/c1-6-18-24-23-14-26(18)12-11-21-19(20-3)22-13-17(25(4)5)16-9-7-15(2)8-10-16;/h7-10,14,17H,6,11-13H2,1-5H3,(H2,20,21,22);1H. The van der Waals surface area contributed by atoms with Gasteiger partial charge in [0.15, 0.2) is 5.96 Å². The maximum atomic E-state index is 4.32. The average molecular weight is 485 g/mol. The van der Waals surface area contributed by atoms with Crippen LogP contribution < -0.4 is 10.6 Å². The number of guanidine groups is 1. The molecule has 0 aliphatic heterocycles. The molecule has 0 aliphatic rings. The first kappa shape index (κ1) is 23.4. The molecular weight excluding hydrogens is 453 g/mol. The van der Waals surface area contributed by atoms with Gasteiger partial charge in [0, 0.05) is 33.1 Å². The van der Waals surface area contributed by atoms with Crippen molar-refractivity contribution in [1.29, 1.82) is 0 Å². The number of aliphatic imine (C=N–C) groups is 1. The molecule has 2 rings (SSSR count). The third-order valence-corrected chi connectivity index (χ3v) is 4.43. The van der Waals surface area contributed by atoms with Gasteiger partial charge in [0.2, 0.25) is 0 Å². The number of halogens is 1. The number of nitrogens with zero attached hydrogens (tertiary/aromatic N) is 5. The van der Waals surface area contributed by atoms with Gasteiger partial charge >= 0.3 is 0 Å². The molecule has 1 aromatic carbocycles. The molecule has 2 aromatic rings. The summed E-state index contributed by atoms with van der Waals surface area (Å²) in [6, 6.07) is 8.97. The van der Waals surface area contributed by atoms with Crippen LogP contribution in [0.25, 0.3) is 0 Å². The van der Waals surface area contributed by atoms with E-state index in [1.165, 1.54) is 11.1 Å². The van der Waals surface area contributed by atoms with Crippen LogP contribution in [0.3, 0.4) is 0 Å². The van der Waals surface area contributed by atoms with E-state index in [0.717, 1.165) is 37.8 Å². The Morgan fingerprint density at radius 1 is 1.22 bits per heavy atom. The maximum absolute atomic E-state index is 4.32. The number of aryl methyl sites for hydroxylation is 2. The van der Waals surface area contributed by atoms with Gasteiger partial charge in [-0.25, -0.2) is 0 Å². The predicted molar refractivity (Wildman–Crippen MR) is 122 cm³/mol. The fourth-order valence-corrected chi connectivity index (χ4v) is 2.84. The molecule has 27 heavy (non-hydrogen) atoms. The summed E-state index contributed by atoms with van der Waals surface area (Å²) in [6.45, 7) is 6.55. The molecular formula is C19H32IN7. The summed E-state index contributed by atoms with van der Waals surface area (Å²) >= 11 is 0. The zero-order valence-corrected chi connectivity index (χ0v) is 19.3. The number of hydrogen-bond acceptors (Lipinski definition) is 4. The predicted octanol–water partition coefficient (Wildman–Crippen LogP) is 2.23. The van der Waals surface area contributed by atoms with E-state index in [1.54, 1.807) is 13.4 Å². The van der Waals surface area contributed by atoms with E-state index in [2.05, 4.69) is 87.5 Å². The van der Waals surface area contributed by atoms with Crippen LogP contribution in [0, 0.1) is 6.92 Å². The molecule has 0 amide bonds. The van der Waals surface area contributed by atoms with Gasteiger partial charge in [-0.1, -0.05) is 36.8 Å². The molecule has 0 aliphatic carbocycles. The highest BCUT2D eigenvalue weighted by atomic mass is 127.